The molecule has 0 saturated heterocycles. The van der Waals surface area contributed by atoms with Crippen molar-refractivity contribution in [3.8, 4) is 0 Å². The van der Waals surface area contributed by atoms with Crippen molar-refractivity contribution in [1.29, 1.82) is 0 Å². The number of anilines is 3. The Hall–Kier alpha value is -2.16. The lowest BCUT2D eigenvalue weighted by Gasteiger charge is -2.16. The second-order valence-corrected chi connectivity index (χ2v) is 4.12. The van der Waals surface area contributed by atoms with Crippen LogP contribution in [0.3, 0.4) is 0 Å². The van der Waals surface area contributed by atoms with Crippen molar-refractivity contribution in [2.24, 2.45) is 0 Å². The molecule has 3 nitrogen and oxygen atoms in total. The van der Waals surface area contributed by atoms with Crippen LogP contribution in [-0.2, 0) is 0 Å². The van der Waals surface area contributed by atoms with Crippen LogP contribution in [0, 0.1) is 0 Å². The Balaban J connectivity index is 2.13. The third-order valence-corrected chi connectivity index (χ3v) is 2.77. The Bertz CT molecular complexity index is 494. The first-order chi connectivity index (χ1) is 8.16. The van der Waals surface area contributed by atoms with Crippen molar-refractivity contribution in [3.63, 3.8) is 0 Å². The van der Waals surface area contributed by atoms with Crippen LogP contribution in [-0.4, -0.2) is 0 Å². The number of nitrogen functional groups attached to an aromatic ring is 2. The number of benzene rings is 2. The molecule has 88 valence electrons. The van der Waals surface area contributed by atoms with Gasteiger partial charge in [-0.15, -0.1) is 0 Å². The molecule has 2 rings (SSSR count). The maximum Gasteiger partial charge on any atom is 0.0568 e. The Morgan fingerprint density at radius 1 is 0.941 bits per heavy atom. The van der Waals surface area contributed by atoms with Crippen molar-refractivity contribution in [2.45, 2.75) is 13.0 Å². The molecule has 0 spiro atoms. The van der Waals surface area contributed by atoms with Gasteiger partial charge in [0.15, 0.2) is 0 Å². The molecular weight excluding hydrogens is 210 g/mol. The normalized spacial score (nSPS) is 12.1. The zero-order valence-corrected chi connectivity index (χ0v) is 9.85. The maximum absolute atomic E-state index is 5.77. The third kappa shape index (κ3) is 2.69. The monoisotopic (exact) mass is 227 g/mol. The van der Waals surface area contributed by atoms with E-state index in [1.807, 2.05) is 36.4 Å². The van der Waals surface area contributed by atoms with Gasteiger partial charge in [-0.1, -0.05) is 30.3 Å². The van der Waals surface area contributed by atoms with Gasteiger partial charge in [0.1, 0.15) is 0 Å². The lowest BCUT2D eigenvalue weighted by atomic mass is 10.1. The standard InChI is InChI=1S/C14H17N3/c1-10(11-5-3-2-4-6-11)17-12-7-8-13(15)14(16)9-12/h2-10,17H,15-16H2,1H3. The SMILES string of the molecule is CC(Nc1ccc(N)c(N)c1)c1ccccc1. The highest BCUT2D eigenvalue weighted by molar-refractivity contribution is 5.69. The summed E-state index contributed by atoms with van der Waals surface area (Å²) < 4.78 is 0. The number of nitrogens with two attached hydrogens (primary N) is 2. The minimum absolute atomic E-state index is 0.235. The molecule has 1 atom stereocenters. The average molecular weight is 227 g/mol. The molecule has 0 fully saturated rings. The lowest BCUT2D eigenvalue weighted by Crippen LogP contribution is -2.07. The number of hydrogen-bond acceptors (Lipinski definition) is 3. The molecule has 1 unspecified atom stereocenters. The van der Waals surface area contributed by atoms with E-state index in [4.69, 9.17) is 11.5 Å². The molecule has 0 heterocycles. The van der Waals surface area contributed by atoms with E-state index in [2.05, 4.69) is 24.4 Å². The second-order valence-electron chi connectivity index (χ2n) is 4.12. The summed E-state index contributed by atoms with van der Waals surface area (Å²) >= 11 is 0. The first-order valence-electron chi connectivity index (χ1n) is 5.63. The van der Waals surface area contributed by atoms with Gasteiger partial charge in [0.25, 0.3) is 0 Å². The van der Waals surface area contributed by atoms with E-state index in [9.17, 15) is 0 Å². The van der Waals surface area contributed by atoms with E-state index in [1.54, 1.807) is 0 Å². The topological polar surface area (TPSA) is 64.1 Å². The molecule has 0 aromatic heterocycles. The largest absolute Gasteiger partial charge is 0.397 e. The highest BCUT2D eigenvalue weighted by Crippen LogP contribution is 2.23. The van der Waals surface area contributed by atoms with E-state index in [0.29, 0.717) is 11.4 Å². The quantitative estimate of drug-likeness (QED) is 0.706. The first-order valence-corrected chi connectivity index (χ1v) is 5.63. The van der Waals surface area contributed by atoms with Gasteiger partial charge in [-0.2, -0.15) is 0 Å². The average Bonchev–Trinajstić information content (AvgIpc) is 2.35. The van der Waals surface area contributed by atoms with Crippen LogP contribution >= 0.6 is 0 Å². The Morgan fingerprint density at radius 3 is 2.29 bits per heavy atom. The predicted molar refractivity (Wildman–Crippen MR) is 73.7 cm³/mol. The van der Waals surface area contributed by atoms with Crippen molar-refractivity contribution >= 4 is 17.1 Å². The van der Waals surface area contributed by atoms with Gasteiger partial charge in [-0.05, 0) is 30.7 Å². The highest BCUT2D eigenvalue weighted by atomic mass is 14.9. The minimum Gasteiger partial charge on any atom is -0.397 e. The summed E-state index contributed by atoms with van der Waals surface area (Å²) in [5.41, 5.74) is 14.9. The molecule has 2 aromatic carbocycles. The molecule has 0 aliphatic heterocycles. The zero-order chi connectivity index (χ0) is 12.3. The molecule has 0 bridgehead atoms. The first kappa shape index (κ1) is 11.3. The number of hydrogen-bond donors (Lipinski definition) is 3. The second kappa shape index (κ2) is 4.78. The van der Waals surface area contributed by atoms with Crippen molar-refractivity contribution in [3.05, 3.63) is 54.1 Å². The van der Waals surface area contributed by atoms with Crippen LogP contribution in [0.1, 0.15) is 18.5 Å². The fraction of sp³-hybridized carbons (Fsp3) is 0.143. The smallest absolute Gasteiger partial charge is 0.0568 e. The summed E-state index contributed by atoms with van der Waals surface area (Å²) in [6.07, 6.45) is 0. The van der Waals surface area contributed by atoms with Crippen LogP contribution in [0.5, 0.6) is 0 Å². The van der Waals surface area contributed by atoms with Gasteiger partial charge >= 0.3 is 0 Å². The van der Waals surface area contributed by atoms with Gasteiger partial charge in [0, 0.05) is 11.7 Å². The minimum atomic E-state index is 0.235. The van der Waals surface area contributed by atoms with Crippen LogP contribution in [0.4, 0.5) is 17.1 Å². The summed E-state index contributed by atoms with van der Waals surface area (Å²) in [7, 11) is 0. The fourth-order valence-corrected chi connectivity index (χ4v) is 1.74. The van der Waals surface area contributed by atoms with E-state index in [0.717, 1.165) is 5.69 Å². The van der Waals surface area contributed by atoms with Gasteiger partial charge in [0.2, 0.25) is 0 Å². The van der Waals surface area contributed by atoms with Gasteiger partial charge in [0.05, 0.1) is 11.4 Å². The molecular formula is C14H17N3. The zero-order valence-electron chi connectivity index (χ0n) is 9.85. The van der Waals surface area contributed by atoms with Gasteiger partial charge < -0.3 is 16.8 Å². The third-order valence-electron chi connectivity index (χ3n) is 2.77. The van der Waals surface area contributed by atoms with Crippen molar-refractivity contribution < 1.29 is 0 Å². The van der Waals surface area contributed by atoms with E-state index >= 15 is 0 Å². The molecule has 17 heavy (non-hydrogen) atoms. The molecule has 2 aromatic rings. The Labute approximate surface area is 101 Å². The number of rotatable bonds is 3. The fourth-order valence-electron chi connectivity index (χ4n) is 1.74. The van der Waals surface area contributed by atoms with E-state index in [-0.39, 0.29) is 6.04 Å². The molecule has 0 radical (unpaired) electrons. The van der Waals surface area contributed by atoms with Crippen LogP contribution in [0.15, 0.2) is 48.5 Å². The van der Waals surface area contributed by atoms with Gasteiger partial charge in [-0.3, -0.25) is 0 Å². The van der Waals surface area contributed by atoms with Crippen molar-refractivity contribution in [2.75, 3.05) is 16.8 Å². The van der Waals surface area contributed by atoms with Crippen LogP contribution in [0.2, 0.25) is 0 Å². The van der Waals surface area contributed by atoms with Crippen LogP contribution < -0.4 is 16.8 Å². The van der Waals surface area contributed by atoms with E-state index < -0.39 is 0 Å². The molecule has 3 heteroatoms. The molecule has 5 N–H and O–H groups in total. The molecule has 0 aliphatic rings. The Kier molecular flexibility index (Phi) is 3.19. The molecule has 0 saturated carbocycles. The summed E-state index contributed by atoms with van der Waals surface area (Å²) in [4.78, 5) is 0. The summed E-state index contributed by atoms with van der Waals surface area (Å²) in [6, 6.07) is 16.1. The summed E-state index contributed by atoms with van der Waals surface area (Å²) in [5.74, 6) is 0. The Morgan fingerprint density at radius 2 is 1.65 bits per heavy atom. The van der Waals surface area contributed by atoms with Gasteiger partial charge in [-0.25, -0.2) is 0 Å². The predicted octanol–water partition coefficient (Wildman–Crippen LogP) is 3.02. The van der Waals surface area contributed by atoms with Crippen molar-refractivity contribution in [1.82, 2.24) is 0 Å². The summed E-state index contributed by atoms with van der Waals surface area (Å²) in [6.45, 7) is 2.11. The highest BCUT2D eigenvalue weighted by Gasteiger charge is 2.05. The lowest BCUT2D eigenvalue weighted by molar-refractivity contribution is 0.885. The maximum atomic E-state index is 5.77. The number of nitrogens with one attached hydrogen (secondary N) is 1. The molecule has 0 amide bonds. The molecule has 0 aliphatic carbocycles. The van der Waals surface area contributed by atoms with Crippen LogP contribution in [0.25, 0.3) is 0 Å². The van der Waals surface area contributed by atoms with E-state index in [1.165, 1.54) is 5.56 Å². The summed E-state index contributed by atoms with van der Waals surface area (Å²) in [5, 5.41) is 3.39.